The van der Waals surface area contributed by atoms with Gasteiger partial charge in [-0.25, -0.2) is 0 Å². The zero-order chi connectivity index (χ0) is 18.2. The standard InChI is InChI=1S/C16H19N5O4/c1-3-24-11-7-5-10(9-12(11)25-4-2)6-8-13(22)18-16-14(15(17)23)19-21-20-16/h5-9H,3-4H2,1-2H3,(H2,17,23)(H2,18,19,20,21,22)/b8-6+. The summed E-state index contributed by atoms with van der Waals surface area (Å²) in [6, 6.07) is 5.33. The maximum absolute atomic E-state index is 12.0. The minimum atomic E-state index is -0.791. The lowest BCUT2D eigenvalue weighted by Gasteiger charge is -2.11. The molecule has 0 saturated heterocycles. The molecule has 132 valence electrons. The summed E-state index contributed by atoms with van der Waals surface area (Å²) in [6.45, 7) is 4.78. The molecule has 25 heavy (non-hydrogen) atoms. The van der Waals surface area contributed by atoms with E-state index >= 15 is 0 Å². The summed E-state index contributed by atoms with van der Waals surface area (Å²) in [5.74, 6) is -0.0629. The molecular formula is C16H19N5O4. The smallest absolute Gasteiger partial charge is 0.273 e. The van der Waals surface area contributed by atoms with Gasteiger partial charge in [-0.15, -0.1) is 10.2 Å². The van der Waals surface area contributed by atoms with Crippen LogP contribution in [0.3, 0.4) is 0 Å². The van der Waals surface area contributed by atoms with Crippen molar-refractivity contribution in [1.29, 1.82) is 0 Å². The van der Waals surface area contributed by atoms with Crippen molar-refractivity contribution in [2.45, 2.75) is 13.8 Å². The molecule has 0 aliphatic heterocycles. The molecule has 0 atom stereocenters. The molecule has 0 fully saturated rings. The van der Waals surface area contributed by atoms with E-state index in [0.717, 1.165) is 5.56 Å². The van der Waals surface area contributed by atoms with Crippen LogP contribution in [0.5, 0.6) is 11.5 Å². The highest BCUT2D eigenvalue weighted by molar-refractivity contribution is 6.05. The van der Waals surface area contributed by atoms with Crippen molar-refractivity contribution < 1.29 is 19.1 Å². The summed E-state index contributed by atoms with van der Waals surface area (Å²) < 4.78 is 11.0. The second-order valence-corrected chi connectivity index (χ2v) is 4.78. The molecule has 0 aliphatic carbocycles. The molecule has 2 amide bonds. The normalized spacial score (nSPS) is 10.6. The lowest BCUT2D eigenvalue weighted by Crippen LogP contribution is -2.16. The lowest BCUT2D eigenvalue weighted by atomic mass is 10.2. The topological polar surface area (TPSA) is 132 Å². The summed E-state index contributed by atoms with van der Waals surface area (Å²) in [4.78, 5) is 23.1. The van der Waals surface area contributed by atoms with E-state index < -0.39 is 11.8 Å². The summed E-state index contributed by atoms with van der Waals surface area (Å²) in [7, 11) is 0. The molecule has 1 aromatic carbocycles. The summed E-state index contributed by atoms with van der Waals surface area (Å²) in [6.07, 6.45) is 2.89. The average molecular weight is 345 g/mol. The van der Waals surface area contributed by atoms with E-state index in [1.807, 2.05) is 13.8 Å². The highest BCUT2D eigenvalue weighted by Crippen LogP contribution is 2.29. The van der Waals surface area contributed by atoms with Gasteiger partial charge in [-0.05, 0) is 37.6 Å². The Hall–Kier alpha value is -3.36. The first-order valence-corrected chi connectivity index (χ1v) is 7.64. The van der Waals surface area contributed by atoms with E-state index in [9.17, 15) is 9.59 Å². The van der Waals surface area contributed by atoms with Gasteiger partial charge in [-0.3, -0.25) is 9.59 Å². The Balaban J connectivity index is 2.10. The Kier molecular flexibility index (Phi) is 6.10. The first-order valence-electron chi connectivity index (χ1n) is 7.64. The Labute approximate surface area is 144 Å². The van der Waals surface area contributed by atoms with Crippen molar-refractivity contribution in [3.63, 3.8) is 0 Å². The first kappa shape index (κ1) is 18.0. The van der Waals surface area contributed by atoms with Crippen LogP contribution < -0.4 is 20.5 Å². The van der Waals surface area contributed by atoms with Gasteiger partial charge >= 0.3 is 0 Å². The van der Waals surface area contributed by atoms with E-state index in [1.54, 1.807) is 24.3 Å². The zero-order valence-corrected chi connectivity index (χ0v) is 13.9. The fourth-order valence-corrected chi connectivity index (χ4v) is 1.99. The number of anilines is 1. The van der Waals surface area contributed by atoms with E-state index in [1.165, 1.54) is 6.08 Å². The number of nitrogens with one attached hydrogen (secondary N) is 2. The molecule has 0 radical (unpaired) electrons. The number of rotatable bonds is 8. The van der Waals surface area contributed by atoms with Crippen LogP contribution >= 0.6 is 0 Å². The van der Waals surface area contributed by atoms with Gasteiger partial charge in [0.25, 0.3) is 5.91 Å². The molecule has 1 heterocycles. The van der Waals surface area contributed by atoms with Gasteiger partial charge in [-0.1, -0.05) is 6.07 Å². The van der Waals surface area contributed by atoms with E-state index in [4.69, 9.17) is 15.2 Å². The lowest BCUT2D eigenvalue weighted by molar-refractivity contribution is -0.111. The van der Waals surface area contributed by atoms with Crippen molar-refractivity contribution in [1.82, 2.24) is 15.4 Å². The minimum Gasteiger partial charge on any atom is -0.490 e. The maximum atomic E-state index is 12.0. The number of ether oxygens (including phenoxy) is 2. The van der Waals surface area contributed by atoms with E-state index in [-0.39, 0.29) is 11.5 Å². The number of hydrogen-bond acceptors (Lipinski definition) is 6. The van der Waals surface area contributed by atoms with Crippen LogP contribution in [-0.2, 0) is 4.79 Å². The van der Waals surface area contributed by atoms with E-state index in [0.29, 0.717) is 24.7 Å². The van der Waals surface area contributed by atoms with E-state index in [2.05, 4.69) is 20.7 Å². The van der Waals surface area contributed by atoms with Crippen molar-refractivity contribution in [2.24, 2.45) is 5.73 Å². The number of nitrogens with zero attached hydrogens (tertiary/aromatic N) is 2. The van der Waals surface area contributed by atoms with Crippen LogP contribution in [0.25, 0.3) is 6.08 Å². The van der Waals surface area contributed by atoms with Gasteiger partial charge in [0.2, 0.25) is 5.91 Å². The maximum Gasteiger partial charge on any atom is 0.273 e. The Morgan fingerprint density at radius 2 is 1.92 bits per heavy atom. The molecule has 4 N–H and O–H groups in total. The Morgan fingerprint density at radius 3 is 2.60 bits per heavy atom. The molecule has 9 heteroatoms. The third-order valence-corrected chi connectivity index (χ3v) is 3.02. The van der Waals surface area contributed by atoms with Crippen LogP contribution in [0.1, 0.15) is 29.9 Å². The number of amides is 2. The molecule has 1 aromatic heterocycles. The molecule has 2 rings (SSSR count). The van der Waals surface area contributed by atoms with Gasteiger partial charge in [-0.2, -0.15) is 5.21 Å². The predicted molar refractivity (Wildman–Crippen MR) is 91.3 cm³/mol. The van der Waals surface area contributed by atoms with Crippen molar-refractivity contribution >= 4 is 23.7 Å². The number of aromatic nitrogens is 3. The molecule has 0 aliphatic rings. The van der Waals surface area contributed by atoms with Gasteiger partial charge in [0.05, 0.1) is 13.2 Å². The quantitative estimate of drug-likeness (QED) is 0.619. The summed E-state index contributed by atoms with van der Waals surface area (Å²) >= 11 is 0. The third kappa shape index (κ3) is 4.80. The van der Waals surface area contributed by atoms with Crippen LogP contribution in [0.2, 0.25) is 0 Å². The molecule has 9 nitrogen and oxygen atoms in total. The number of primary amides is 1. The Morgan fingerprint density at radius 1 is 1.20 bits per heavy atom. The third-order valence-electron chi connectivity index (χ3n) is 3.02. The second kappa shape index (κ2) is 8.48. The highest BCUT2D eigenvalue weighted by atomic mass is 16.5. The van der Waals surface area contributed by atoms with Crippen LogP contribution in [-0.4, -0.2) is 40.4 Å². The first-order chi connectivity index (χ1) is 12.0. The summed E-state index contributed by atoms with van der Waals surface area (Å²) in [5.41, 5.74) is 5.74. The van der Waals surface area contributed by atoms with Gasteiger partial charge in [0.15, 0.2) is 23.0 Å². The number of aromatic amines is 1. The highest BCUT2D eigenvalue weighted by Gasteiger charge is 2.14. The number of benzene rings is 1. The number of H-pyrrole nitrogens is 1. The van der Waals surface area contributed by atoms with Crippen molar-refractivity contribution in [3.8, 4) is 11.5 Å². The minimum absolute atomic E-state index is 0.0242. The monoisotopic (exact) mass is 345 g/mol. The fraction of sp³-hybridized carbons (Fsp3) is 0.250. The summed E-state index contributed by atoms with van der Waals surface area (Å²) in [5, 5.41) is 11.9. The molecule has 0 bridgehead atoms. The van der Waals surface area contributed by atoms with Gasteiger partial charge in [0.1, 0.15) is 0 Å². The zero-order valence-electron chi connectivity index (χ0n) is 13.9. The van der Waals surface area contributed by atoms with Crippen molar-refractivity contribution in [3.05, 3.63) is 35.5 Å². The molecule has 0 unspecified atom stereocenters. The fourth-order valence-electron chi connectivity index (χ4n) is 1.99. The van der Waals surface area contributed by atoms with Crippen LogP contribution in [0, 0.1) is 0 Å². The number of carbonyl (C=O) groups is 2. The largest absolute Gasteiger partial charge is 0.490 e. The van der Waals surface area contributed by atoms with Crippen LogP contribution in [0.15, 0.2) is 24.3 Å². The molecule has 2 aromatic rings. The predicted octanol–water partition coefficient (Wildman–Crippen LogP) is 1.35. The SMILES string of the molecule is CCOc1ccc(/C=C/C(=O)Nc2n[nH]nc2C(N)=O)cc1OCC. The second-order valence-electron chi connectivity index (χ2n) is 4.78. The molecule has 0 spiro atoms. The average Bonchev–Trinajstić information content (AvgIpc) is 3.04. The van der Waals surface area contributed by atoms with Crippen molar-refractivity contribution in [2.75, 3.05) is 18.5 Å². The van der Waals surface area contributed by atoms with Gasteiger partial charge < -0.3 is 20.5 Å². The molecular weight excluding hydrogens is 326 g/mol. The number of hydrogen-bond donors (Lipinski definition) is 3. The Bertz CT molecular complexity index is 785. The number of carbonyl (C=O) groups excluding carboxylic acids is 2. The number of nitrogens with two attached hydrogens (primary N) is 1. The van der Waals surface area contributed by atoms with Gasteiger partial charge in [0, 0.05) is 6.08 Å². The molecule has 0 saturated carbocycles. The van der Waals surface area contributed by atoms with Crippen LogP contribution in [0.4, 0.5) is 5.82 Å².